The highest BCUT2D eigenvalue weighted by Gasteiger charge is 2.47. The van der Waals surface area contributed by atoms with Crippen LogP contribution in [-0.2, 0) is 14.4 Å². The summed E-state index contributed by atoms with van der Waals surface area (Å²) in [7, 11) is 0. The number of fused-ring (bicyclic) bond motifs is 1. The Bertz CT molecular complexity index is 704. The fourth-order valence-corrected chi connectivity index (χ4v) is 3.70. The number of anilines is 1. The zero-order valence-corrected chi connectivity index (χ0v) is 14.3. The Kier molecular flexibility index (Phi) is 4.97. The largest absolute Gasteiger partial charge is 0.326 e. The number of imide groups is 1. The SMILES string of the molecule is CC(=O)c1cccc(NC(=O)CCN2C(=O)[C@@H]3CCCC[C@H]3C2=O)c1. The van der Waals surface area contributed by atoms with Crippen LogP contribution in [0.25, 0.3) is 0 Å². The standard InChI is InChI=1S/C19H22N2O4/c1-12(22)13-5-4-6-14(11-13)20-17(23)9-10-21-18(24)15-7-2-3-8-16(15)19(21)25/h4-6,11,15-16H,2-3,7-10H2,1H3,(H,20,23)/t15-,16-/m1/s1. The molecular weight excluding hydrogens is 320 g/mol. The maximum Gasteiger partial charge on any atom is 0.233 e. The van der Waals surface area contributed by atoms with Gasteiger partial charge in [-0.05, 0) is 31.9 Å². The van der Waals surface area contributed by atoms with Gasteiger partial charge in [0.2, 0.25) is 17.7 Å². The first-order chi connectivity index (χ1) is 12.0. The van der Waals surface area contributed by atoms with Crippen LogP contribution < -0.4 is 5.32 Å². The second-order valence-corrected chi connectivity index (χ2v) is 6.76. The number of ketones is 1. The van der Waals surface area contributed by atoms with E-state index in [4.69, 9.17) is 0 Å². The monoisotopic (exact) mass is 342 g/mol. The molecular formula is C19H22N2O4. The molecule has 1 N–H and O–H groups in total. The maximum atomic E-state index is 12.4. The summed E-state index contributed by atoms with van der Waals surface area (Å²) < 4.78 is 0. The molecule has 1 saturated heterocycles. The quantitative estimate of drug-likeness (QED) is 0.658. The van der Waals surface area contributed by atoms with E-state index in [2.05, 4.69) is 5.32 Å². The van der Waals surface area contributed by atoms with Crippen molar-refractivity contribution in [3.63, 3.8) is 0 Å². The third kappa shape index (κ3) is 3.62. The number of rotatable bonds is 5. The summed E-state index contributed by atoms with van der Waals surface area (Å²) in [4.78, 5) is 49.5. The minimum Gasteiger partial charge on any atom is -0.326 e. The Morgan fingerprint density at radius 2 is 1.76 bits per heavy atom. The number of nitrogens with one attached hydrogen (secondary N) is 1. The van der Waals surface area contributed by atoms with Crippen molar-refractivity contribution in [3.8, 4) is 0 Å². The third-order valence-corrected chi connectivity index (χ3v) is 5.05. The van der Waals surface area contributed by atoms with Crippen LogP contribution in [0.15, 0.2) is 24.3 Å². The molecule has 2 fully saturated rings. The molecule has 1 aliphatic carbocycles. The minimum atomic E-state index is -0.281. The van der Waals surface area contributed by atoms with Crippen molar-refractivity contribution in [3.05, 3.63) is 29.8 Å². The Morgan fingerprint density at radius 1 is 1.12 bits per heavy atom. The Labute approximate surface area is 146 Å². The van der Waals surface area contributed by atoms with Crippen molar-refractivity contribution in [2.45, 2.75) is 39.0 Å². The molecule has 1 aromatic carbocycles. The molecule has 0 spiro atoms. The highest BCUT2D eigenvalue weighted by molar-refractivity contribution is 6.05. The van der Waals surface area contributed by atoms with Gasteiger partial charge in [-0.15, -0.1) is 0 Å². The molecule has 0 unspecified atom stereocenters. The second-order valence-electron chi connectivity index (χ2n) is 6.76. The summed E-state index contributed by atoms with van der Waals surface area (Å²) in [6.07, 6.45) is 3.58. The van der Waals surface area contributed by atoms with E-state index in [-0.39, 0.29) is 48.3 Å². The summed E-state index contributed by atoms with van der Waals surface area (Å²) in [5.41, 5.74) is 1.05. The number of carbonyl (C=O) groups excluding carboxylic acids is 4. The second kappa shape index (κ2) is 7.17. The predicted octanol–water partition coefficient (Wildman–Crippen LogP) is 2.39. The van der Waals surface area contributed by atoms with E-state index in [1.807, 2.05) is 0 Å². The molecule has 1 heterocycles. The highest BCUT2D eigenvalue weighted by atomic mass is 16.2. The van der Waals surface area contributed by atoms with E-state index in [1.54, 1.807) is 24.3 Å². The molecule has 25 heavy (non-hydrogen) atoms. The fourth-order valence-electron chi connectivity index (χ4n) is 3.70. The third-order valence-electron chi connectivity index (χ3n) is 5.05. The van der Waals surface area contributed by atoms with Crippen molar-refractivity contribution in [2.24, 2.45) is 11.8 Å². The summed E-state index contributed by atoms with van der Waals surface area (Å²) in [6, 6.07) is 6.69. The van der Waals surface area contributed by atoms with Gasteiger partial charge in [0.25, 0.3) is 0 Å². The summed E-state index contributed by atoms with van der Waals surface area (Å²) in [5, 5.41) is 2.71. The van der Waals surface area contributed by atoms with Crippen LogP contribution in [0.5, 0.6) is 0 Å². The topological polar surface area (TPSA) is 83.6 Å². The molecule has 6 nitrogen and oxygen atoms in total. The van der Waals surface area contributed by atoms with Crippen LogP contribution in [0, 0.1) is 11.8 Å². The van der Waals surface area contributed by atoms with E-state index >= 15 is 0 Å². The highest BCUT2D eigenvalue weighted by Crippen LogP contribution is 2.37. The Balaban J connectivity index is 1.57. The van der Waals surface area contributed by atoms with Gasteiger partial charge in [-0.3, -0.25) is 24.1 Å². The molecule has 3 rings (SSSR count). The zero-order valence-electron chi connectivity index (χ0n) is 14.3. The lowest BCUT2D eigenvalue weighted by atomic mass is 9.81. The molecule has 0 aromatic heterocycles. The lowest BCUT2D eigenvalue weighted by molar-refractivity contribution is -0.140. The molecule has 0 bridgehead atoms. The molecule has 1 saturated carbocycles. The van der Waals surface area contributed by atoms with Gasteiger partial charge < -0.3 is 5.32 Å². The molecule has 2 atom stereocenters. The fraction of sp³-hybridized carbons (Fsp3) is 0.474. The van der Waals surface area contributed by atoms with Gasteiger partial charge in [-0.2, -0.15) is 0 Å². The van der Waals surface area contributed by atoms with Gasteiger partial charge in [-0.1, -0.05) is 25.0 Å². The van der Waals surface area contributed by atoms with Crippen LogP contribution in [0.1, 0.15) is 49.4 Å². The van der Waals surface area contributed by atoms with Crippen LogP contribution in [0.4, 0.5) is 5.69 Å². The number of nitrogens with zero attached hydrogens (tertiary/aromatic N) is 1. The van der Waals surface area contributed by atoms with Gasteiger partial charge >= 0.3 is 0 Å². The number of Topliss-reactive ketones (excluding diaryl/α,β-unsaturated/α-hetero) is 1. The van der Waals surface area contributed by atoms with E-state index in [0.717, 1.165) is 25.7 Å². The molecule has 3 amide bonds. The normalized spacial score (nSPS) is 22.7. The van der Waals surface area contributed by atoms with E-state index < -0.39 is 0 Å². The smallest absolute Gasteiger partial charge is 0.233 e. The number of hydrogen-bond donors (Lipinski definition) is 1. The van der Waals surface area contributed by atoms with Crippen molar-refractivity contribution < 1.29 is 19.2 Å². The van der Waals surface area contributed by atoms with Crippen molar-refractivity contribution in [1.29, 1.82) is 0 Å². The first kappa shape index (κ1) is 17.3. The molecule has 1 aromatic rings. The zero-order chi connectivity index (χ0) is 18.0. The van der Waals surface area contributed by atoms with Gasteiger partial charge in [0.15, 0.2) is 5.78 Å². The van der Waals surface area contributed by atoms with Gasteiger partial charge in [0.05, 0.1) is 11.8 Å². The van der Waals surface area contributed by atoms with E-state index in [0.29, 0.717) is 11.3 Å². The maximum absolute atomic E-state index is 12.4. The van der Waals surface area contributed by atoms with E-state index in [9.17, 15) is 19.2 Å². The summed E-state index contributed by atoms with van der Waals surface area (Å²) in [5.74, 6) is -0.974. The average Bonchev–Trinajstić information content (AvgIpc) is 2.85. The molecule has 1 aliphatic heterocycles. The lowest BCUT2D eigenvalue weighted by Crippen LogP contribution is -2.34. The van der Waals surface area contributed by atoms with Gasteiger partial charge in [0, 0.05) is 24.2 Å². The molecule has 132 valence electrons. The average molecular weight is 342 g/mol. The van der Waals surface area contributed by atoms with Crippen molar-refractivity contribution >= 4 is 29.2 Å². The number of carbonyl (C=O) groups is 4. The number of benzene rings is 1. The van der Waals surface area contributed by atoms with Crippen molar-refractivity contribution in [1.82, 2.24) is 4.90 Å². The molecule has 2 aliphatic rings. The lowest BCUT2D eigenvalue weighted by Gasteiger charge is -2.19. The van der Waals surface area contributed by atoms with Crippen LogP contribution in [0.2, 0.25) is 0 Å². The van der Waals surface area contributed by atoms with Gasteiger partial charge in [-0.25, -0.2) is 0 Å². The number of likely N-dealkylation sites (tertiary alicyclic amines) is 1. The van der Waals surface area contributed by atoms with Crippen LogP contribution in [0.3, 0.4) is 0 Å². The predicted molar refractivity (Wildman–Crippen MR) is 91.9 cm³/mol. The van der Waals surface area contributed by atoms with Crippen LogP contribution in [-0.4, -0.2) is 34.9 Å². The summed E-state index contributed by atoms with van der Waals surface area (Å²) >= 11 is 0. The molecule has 6 heteroatoms. The number of hydrogen-bond acceptors (Lipinski definition) is 4. The molecule has 0 radical (unpaired) electrons. The Morgan fingerprint density at radius 3 is 2.36 bits per heavy atom. The Hall–Kier alpha value is -2.50. The minimum absolute atomic E-state index is 0.0568. The first-order valence-electron chi connectivity index (χ1n) is 8.73. The van der Waals surface area contributed by atoms with Crippen molar-refractivity contribution in [2.75, 3.05) is 11.9 Å². The first-order valence-corrected chi connectivity index (χ1v) is 8.73. The van der Waals surface area contributed by atoms with Crippen LogP contribution >= 0.6 is 0 Å². The summed E-state index contributed by atoms with van der Waals surface area (Å²) in [6.45, 7) is 1.58. The number of amides is 3. The van der Waals surface area contributed by atoms with Gasteiger partial charge in [0.1, 0.15) is 0 Å². The van der Waals surface area contributed by atoms with E-state index in [1.165, 1.54) is 11.8 Å².